The molecule has 0 unspecified atom stereocenters. The van der Waals surface area contributed by atoms with Crippen LogP contribution in [0.15, 0.2) is 24.3 Å². The van der Waals surface area contributed by atoms with Gasteiger partial charge in [-0.3, -0.25) is 19.4 Å². The van der Waals surface area contributed by atoms with Crippen LogP contribution in [0.1, 0.15) is 31.2 Å². The maximum Gasteiger partial charge on any atom is 0.239 e. The van der Waals surface area contributed by atoms with Crippen LogP contribution in [-0.4, -0.2) is 103 Å². The van der Waals surface area contributed by atoms with Gasteiger partial charge in [-0.15, -0.1) is 0 Å². The molecule has 2 amide bonds. The number of aliphatic hydroxyl groups is 1. The van der Waals surface area contributed by atoms with Gasteiger partial charge in [-0.25, -0.2) is 0 Å². The number of benzene rings is 1. The van der Waals surface area contributed by atoms with E-state index < -0.39 is 0 Å². The molecule has 3 saturated heterocycles. The number of aliphatic hydroxyl groups excluding tert-OH is 1. The number of carbonyl (C=O) groups is 2. The number of nitrogens with one attached hydrogen (secondary N) is 1. The normalized spacial score (nSPS) is 29.0. The summed E-state index contributed by atoms with van der Waals surface area (Å²) in [4.78, 5) is 34.0. The number of nitrogens with zero attached hydrogens (tertiary/aromatic N) is 4. The van der Waals surface area contributed by atoms with E-state index in [1.54, 1.807) is 4.90 Å². The van der Waals surface area contributed by atoms with Crippen molar-refractivity contribution in [2.24, 2.45) is 0 Å². The van der Waals surface area contributed by atoms with Crippen LogP contribution in [0.25, 0.3) is 0 Å². The molecule has 0 bridgehead atoms. The van der Waals surface area contributed by atoms with Crippen molar-refractivity contribution in [3.63, 3.8) is 0 Å². The highest BCUT2D eigenvalue weighted by atomic mass is 16.3. The Morgan fingerprint density at radius 2 is 1.94 bits per heavy atom. The van der Waals surface area contributed by atoms with Gasteiger partial charge in [-0.2, -0.15) is 0 Å². The van der Waals surface area contributed by atoms with Gasteiger partial charge in [0, 0.05) is 71.0 Å². The van der Waals surface area contributed by atoms with Crippen LogP contribution in [0.3, 0.4) is 0 Å². The maximum absolute atomic E-state index is 13.0. The molecule has 0 saturated carbocycles. The Morgan fingerprint density at radius 3 is 2.59 bits per heavy atom. The van der Waals surface area contributed by atoms with Crippen molar-refractivity contribution >= 4 is 17.5 Å². The number of rotatable bonds is 6. The van der Waals surface area contributed by atoms with Crippen molar-refractivity contribution in [2.75, 3.05) is 52.2 Å². The summed E-state index contributed by atoms with van der Waals surface area (Å²) in [7, 11) is 6.16. The molecule has 32 heavy (non-hydrogen) atoms. The Bertz CT molecular complexity index is 814. The second-order valence-corrected chi connectivity index (χ2v) is 9.72. The lowest BCUT2D eigenvalue weighted by Crippen LogP contribution is -2.49. The Kier molecular flexibility index (Phi) is 7.02. The van der Waals surface area contributed by atoms with Crippen LogP contribution in [0, 0.1) is 0 Å². The van der Waals surface area contributed by atoms with Crippen molar-refractivity contribution in [3.05, 3.63) is 29.8 Å². The Labute approximate surface area is 191 Å². The number of amides is 2. The van der Waals surface area contributed by atoms with E-state index in [1.807, 2.05) is 14.1 Å². The number of likely N-dealkylation sites (tertiary alicyclic amines) is 2. The van der Waals surface area contributed by atoms with Crippen LogP contribution in [0.4, 0.5) is 5.69 Å². The van der Waals surface area contributed by atoms with E-state index in [0.717, 1.165) is 25.9 Å². The van der Waals surface area contributed by atoms with Crippen LogP contribution in [0.2, 0.25) is 0 Å². The van der Waals surface area contributed by atoms with Gasteiger partial charge in [0.25, 0.3) is 0 Å². The fraction of sp³-hybridized carbons (Fsp3) is 0.667. The molecule has 176 valence electrons. The molecule has 4 rings (SSSR count). The summed E-state index contributed by atoms with van der Waals surface area (Å²) in [5.74, 6) is 0.206. The van der Waals surface area contributed by atoms with E-state index in [-0.39, 0.29) is 36.0 Å². The quantitative estimate of drug-likeness (QED) is 0.667. The minimum atomic E-state index is -0.386. The monoisotopic (exact) mass is 443 g/mol. The smallest absolute Gasteiger partial charge is 0.239 e. The summed E-state index contributed by atoms with van der Waals surface area (Å²) in [5, 5.41) is 12.8. The zero-order valence-electron chi connectivity index (χ0n) is 19.5. The lowest BCUT2D eigenvalue weighted by Gasteiger charge is -2.33. The summed E-state index contributed by atoms with van der Waals surface area (Å²) >= 11 is 0. The molecule has 1 aromatic rings. The molecule has 3 fully saturated rings. The van der Waals surface area contributed by atoms with Gasteiger partial charge < -0.3 is 20.2 Å². The first-order chi connectivity index (χ1) is 15.3. The van der Waals surface area contributed by atoms with Gasteiger partial charge in [0.1, 0.15) is 6.04 Å². The van der Waals surface area contributed by atoms with Crippen LogP contribution < -0.4 is 10.2 Å². The molecule has 0 spiro atoms. The van der Waals surface area contributed by atoms with Crippen LogP contribution >= 0.6 is 0 Å². The molecule has 1 aromatic carbocycles. The topological polar surface area (TPSA) is 79.4 Å². The SMILES string of the molecule is CN(C)c1ccc(CN2CC[C@H]3[C@H]2C(=O)NC[C@H](CCC(=O)N2CC[C@@H](O)C2)N3C)cc1. The number of likely N-dealkylation sites (N-methyl/N-ethyl adjacent to an activating group) is 1. The third-order valence-electron chi connectivity index (χ3n) is 7.40. The third-order valence-corrected chi connectivity index (χ3v) is 7.40. The van der Waals surface area contributed by atoms with Gasteiger partial charge in [0.2, 0.25) is 11.8 Å². The molecule has 3 heterocycles. The molecule has 0 radical (unpaired) electrons. The summed E-state index contributed by atoms with van der Waals surface area (Å²) in [6, 6.07) is 8.67. The van der Waals surface area contributed by atoms with Gasteiger partial charge >= 0.3 is 0 Å². The van der Waals surface area contributed by atoms with Gasteiger partial charge in [0.05, 0.1) is 6.10 Å². The van der Waals surface area contributed by atoms with E-state index >= 15 is 0 Å². The highest BCUT2D eigenvalue weighted by Crippen LogP contribution is 2.29. The Morgan fingerprint density at radius 1 is 1.19 bits per heavy atom. The molecule has 3 aliphatic heterocycles. The molecule has 0 aromatic heterocycles. The van der Waals surface area contributed by atoms with E-state index in [1.165, 1.54) is 11.3 Å². The number of hydrogen-bond donors (Lipinski definition) is 2. The van der Waals surface area contributed by atoms with E-state index in [0.29, 0.717) is 32.5 Å². The maximum atomic E-state index is 13.0. The zero-order valence-corrected chi connectivity index (χ0v) is 19.5. The number of hydrogen-bond acceptors (Lipinski definition) is 6. The van der Waals surface area contributed by atoms with Crippen molar-refractivity contribution in [1.29, 1.82) is 0 Å². The van der Waals surface area contributed by atoms with E-state index in [4.69, 9.17) is 0 Å². The highest BCUT2D eigenvalue weighted by Gasteiger charge is 2.45. The Hall–Kier alpha value is -2.16. The average molecular weight is 444 g/mol. The van der Waals surface area contributed by atoms with Gasteiger partial charge in [-0.1, -0.05) is 12.1 Å². The molecule has 4 atom stereocenters. The molecular formula is C24H37N5O3. The van der Waals surface area contributed by atoms with E-state index in [9.17, 15) is 14.7 Å². The summed E-state index contributed by atoms with van der Waals surface area (Å²) in [6.07, 6.45) is 2.41. The molecule has 8 heteroatoms. The minimum absolute atomic E-state index is 0.0979. The standard InChI is InChI=1S/C24H37N5O3/c1-26(2)18-6-4-17(5-7-18)15-29-13-11-21-23(29)24(32)25-14-19(27(21)3)8-9-22(31)28-12-10-20(30)16-28/h4-7,19-21,23,30H,8-16H2,1-3H3,(H,25,32)/t19-,20+,21-,23-/m0/s1. The van der Waals surface area contributed by atoms with Crippen molar-refractivity contribution in [1.82, 2.24) is 20.0 Å². The van der Waals surface area contributed by atoms with Gasteiger partial charge in [-0.05, 0) is 44.0 Å². The fourth-order valence-corrected chi connectivity index (χ4v) is 5.38. The van der Waals surface area contributed by atoms with Crippen molar-refractivity contribution in [2.45, 2.75) is 56.5 Å². The van der Waals surface area contributed by atoms with E-state index in [2.05, 4.69) is 51.3 Å². The summed E-state index contributed by atoms with van der Waals surface area (Å²) in [5.41, 5.74) is 2.38. The summed E-state index contributed by atoms with van der Waals surface area (Å²) < 4.78 is 0. The largest absolute Gasteiger partial charge is 0.391 e. The number of fused-ring (bicyclic) bond motifs is 1. The first kappa shape index (κ1) is 23.0. The first-order valence-corrected chi connectivity index (χ1v) is 11.8. The highest BCUT2D eigenvalue weighted by molar-refractivity contribution is 5.83. The number of β-amino-alcohol motifs (C(OH)–C–C–N with tert-alkyl or cyclic N) is 1. The summed E-state index contributed by atoms with van der Waals surface area (Å²) in [6.45, 7) is 3.32. The predicted molar refractivity (Wildman–Crippen MR) is 124 cm³/mol. The second kappa shape index (κ2) is 9.77. The predicted octanol–water partition coefficient (Wildman–Crippen LogP) is 0.499. The molecule has 8 nitrogen and oxygen atoms in total. The van der Waals surface area contributed by atoms with Crippen LogP contribution in [-0.2, 0) is 16.1 Å². The van der Waals surface area contributed by atoms with Gasteiger partial charge in [0.15, 0.2) is 0 Å². The lowest BCUT2D eigenvalue weighted by molar-refractivity contribution is -0.131. The zero-order chi connectivity index (χ0) is 22.8. The van der Waals surface area contributed by atoms with Crippen molar-refractivity contribution < 1.29 is 14.7 Å². The minimum Gasteiger partial charge on any atom is -0.391 e. The average Bonchev–Trinajstić information content (AvgIpc) is 3.37. The number of carbonyl (C=O) groups excluding carboxylic acids is 2. The molecule has 3 aliphatic rings. The molecule has 2 N–H and O–H groups in total. The fourth-order valence-electron chi connectivity index (χ4n) is 5.38. The lowest BCUT2D eigenvalue weighted by atomic mass is 10.0. The molecule has 0 aliphatic carbocycles. The first-order valence-electron chi connectivity index (χ1n) is 11.8. The van der Waals surface area contributed by atoms with Crippen LogP contribution in [0.5, 0.6) is 0 Å². The Balaban J connectivity index is 1.37. The van der Waals surface area contributed by atoms with Crippen molar-refractivity contribution in [3.8, 4) is 0 Å². The molecular weight excluding hydrogens is 406 g/mol. The third kappa shape index (κ3) is 4.92. The number of anilines is 1. The second-order valence-electron chi connectivity index (χ2n) is 9.72.